The number of nitrogens with zero attached hydrogens (tertiary/aromatic N) is 4. The van der Waals surface area contributed by atoms with Crippen LogP contribution in [0.2, 0.25) is 0 Å². The largest absolute Gasteiger partial charge is 0.480 e. The molecule has 0 fully saturated rings. The number of H-pyrrole nitrogens is 1. The summed E-state index contributed by atoms with van der Waals surface area (Å²) in [7, 11) is 1.48. The molecule has 0 radical (unpaired) electrons. The number of ether oxygens (including phenoxy) is 1. The summed E-state index contributed by atoms with van der Waals surface area (Å²) in [6.07, 6.45) is 3.32. The van der Waals surface area contributed by atoms with Gasteiger partial charge in [0, 0.05) is 37.7 Å². The van der Waals surface area contributed by atoms with Gasteiger partial charge in [-0.15, -0.1) is 0 Å². The van der Waals surface area contributed by atoms with Crippen molar-refractivity contribution in [3.8, 4) is 17.0 Å². The SMILES string of the molecule is CCc1nc(OC)c(-c2ccc(C[C@H](Nc3nc(N(CC)CC)ncc3CC(C)C)C(=O)O)cc2)c(=O)[nH]1. The average Bonchev–Trinajstić information content (AvgIpc) is 2.90. The number of aryl methyl sites for hydroxylation is 1. The van der Waals surface area contributed by atoms with E-state index in [1.807, 2.05) is 37.8 Å². The first-order valence-corrected chi connectivity index (χ1v) is 13.1. The number of aromatic nitrogens is 4. The summed E-state index contributed by atoms with van der Waals surface area (Å²) in [6, 6.07) is 6.28. The molecule has 0 amide bonds. The van der Waals surface area contributed by atoms with Crippen LogP contribution < -0.4 is 20.5 Å². The number of aromatic amines is 1. The summed E-state index contributed by atoms with van der Waals surface area (Å²) >= 11 is 0. The van der Waals surface area contributed by atoms with Crippen LogP contribution in [-0.2, 0) is 24.1 Å². The van der Waals surface area contributed by atoms with E-state index >= 15 is 0 Å². The smallest absolute Gasteiger partial charge is 0.326 e. The number of methoxy groups -OCH3 is 1. The summed E-state index contributed by atoms with van der Waals surface area (Å²) < 4.78 is 5.36. The van der Waals surface area contributed by atoms with Crippen LogP contribution in [0, 0.1) is 5.92 Å². The molecule has 0 unspecified atom stereocenters. The van der Waals surface area contributed by atoms with Gasteiger partial charge in [0.05, 0.1) is 7.11 Å². The van der Waals surface area contributed by atoms with Gasteiger partial charge in [0.2, 0.25) is 11.8 Å². The molecule has 10 nitrogen and oxygen atoms in total. The third-order valence-corrected chi connectivity index (χ3v) is 6.28. The molecule has 10 heteroatoms. The Labute approximate surface area is 223 Å². The molecule has 204 valence electrons. The van der Waals surface area contributed by atoms with Gasteiger partial charge in [-0.3, -0.25) is 4.79 Å². The van der Waals surface area contributed by atoms with Gasteiger partial charge >= 0.3 is 5.97 Å². The Balaban J connectivity index is 1.89. The number of rotatable bonds is 13. The molecule has 2 aromatic heterocycles. The average molecular weight is 523 g/mol. The highest BCUT2D eigenvalue weighted by molar-refractivity contribution is 5.78. The lowest BCUT2D eigenvalue weighted by atomic mass is 10.0. The molecule has 1 aromatic carbocycles. The monoisotopic (exact) mass is 522 g/mol. The van der Waals surface area contributed by atoms with Gasteiger partial charge < -0.3 is 25.0 Å². The highest BCUT2D eigenvalue weighted by Gasteiger charge is 2.22. The Morgan fingerprint density at radius 2 is 1.79 bits per heavy atom. The van der Waals surface area contributed by atoms with E-state index in [1.54, 1.807) is 18.3 Å². The number of aliphatic carboxylic acids is 1. The minimum atomic E-state index is -0.981. The zero-order valence-corrected chi connectivity index (χ0v) is 23.0. The second kappa shape index (κ2) is 13.0. The van der Waals surface area contributed by atoms with Gasteiger partial charge in [0.25, 0.3) is 5.56 Å². The molecule has 2 heterocycles. The Morgan fingerprint density at radius 3 is 2.34 bits per heavy atom. The third-order valence-electron chi connectivity index (χ3n) is 6.28. The maximum atomic E-state index is 12.7. The van der Waals surface area contributed by atoms with E-state index < -0.39 is 12.0 Å². The lowest BCUT2D eigenvalue weighted by Crippen LogP contribution is -2.33. The Hall–Kier alpha value is -3.95. The predicted octanol–water partition coefficient (Wildman–Crippen LogP) is 3.95. The van der Waals surface area contributed by atoms with Gasteiger partial charge in [-0.1, -0.05) is 45.0 Å². The molecule has 0 bridgehead atoms. The lowest BCUT2D eigenvalue weighted by molar-refractivity contribution is -0.137. The Morgan fingerprint density at radius 1 is 1.11 bits per heavy atom. The van der Waals surface area contributed by atoms with Crippen molar-refractivity contribution in [1.82, 2.24) is 19.9 Å². The number of carboxylic acid groups (broad SMARTS) is 1. The van der Waals surface area contributed by atoms with Crippen molar-refractivity contribution >= 4 is 17.7 Å². The minimum absolute atomic E-state index is 0.224. The number of carbonyl (C=O) groups is 1. The number of benzene rings is 1. The van der Waals surface area contributed by atoms with Crippen molar-refractivity contribution in [1.29, 1.82) is 0 Å². The van der Waals surface area contributed by atoms with Crippen molar-refractivity contribution in [3.63, 3.8) is 0 Å². The quantitative estimate of drug-likeness (QED) is 0.305. The molecule has 0 saturated carbocycles. The molecular weight excluding hydrogens is 484 g/mol. The summed E-state index contributed by atoms with van der Waals surface area (Å²) in [5.74, 6) is 1.29. The summed E-state index contributed by atoms with van der Waals surface area (Å²) in [5.41, 5.74) is 2.38. The van der Waals surface area contributed by atoms with E-state index in [0.717, 1.165) is 30.6 Å². The normalized spacial score (nSPS) is 11.9. The lowest BCUT2D eigenvalue weighted by Gasteiger charge is -2.23. The molecule has 3 aromatic rings. The van der Waals surface area contributed by atoms with Gasteiger partial charge in [-0.05, 0) is 37.3 Å². The summed E-state index contributed by atoms with van der Waals surface area (Å²) in [4.78, 5) is 43.3. The van der Waals surface area contributed by atoms with E-state index in [2.05, 4.69) is 34.1 Å². The van der Waals surface area contributed by atoms with Crippen LogP contribution in [0.3, 0.4) is 0 Å². The predicted molar refractivity (Wildman–Crippen MR) is 149 cm³/mol. The first-order chi connectivity index (χ1) is 18.2. The zero-order chi connectivity index (χ0) is 27.8. The van der Waals surface area contributed by atoms with Crippen LogP contribution in [0.25, 0.3) is 11.1 Å². The second-order valence-corrected chi connectivity index (χ2v) is 9.50. The van der Waals surface area contributed by atoms with E-state index in [1.165, 1.54) is 7.11 Å². The molecule has 3 N–H and O–H groups in total. The first kappa shape index (κ1) is 28.6. The molecule has 0 aliphatic rings. The van der Waals surface area contributed by atoms with E-state index in [4.69, 9.17) is 9.72 Å². The maximum Gasteiger partial charge on any atom is 0.326 e. The highest BCUT2D eigenvalue weighted by Crippen LogP contribution is 2.26. The van der Waals surface area contributed by atoms with Crippen LogP contribution in [-0.4, -0.2) is 57.3 Å². The highest BCUT2D eigenvalue weighted by atomic mass is 16.5. The summed E-state index contributed by atoms with van der Waals surface area (Å²) in [6.45, 7) is 11.7. The van der Waals surface area contributed by atoms with Gasteiger partial charge in [-0.25, -0.2) is 9.78 Å². The van der Waals surface area contributed by atoms with Crippen molar-refractivity contribution in [2.75, 3.05) is 30.4 Å². The molecule has 0 aliphatic heterocycles. The van der Waals surface area contributed by atoms with Crippen molar-refractivity contribution in [3.05, 3.63) is 57.8 Å². The van der Waals surface area contributed by atoms with Gasteiger partial charge in [0.1, 0.15) is 23.2 Å². The number of nitrogens with one attached hydrogen (secondary N) is 2. The Bertz CT molecular complexity index is 1290. The standard InChI is InChI=1S/C28H38N6O4/c1-7-22-31-25(35)23(26(32-22)38-6)19-12-10-18(11-13-19)15-21(27(36)37)30-24-20(14-17(4)5)16-29-28(33-24)34(8-2)9-3/h10-13,16-17,21H,7-9,14-15H2,1-6H3,(H,36,37)(H,29,30,33)(H,31,32,35)/t21-/m0/s1. The molecule has 0 aliphatic carbocycles. The summed E-state index contributed by atoms with van der Waals surface area (Å²) in [5, 5.41) is 13.2. The van der Waals surface area contributed by atoms with Crippen LogP contribution >= 0.6 is 0 Å². The third kappa shape index (κ3) is 6.87. The number of anilines is 2. The molecule has 38 heavy (non-hydrogen) atoms. The van der Waals surface area contributed by atoms with Crippen LogP contribution in [0.1, 0.15) is 51.6 Å². The van der Waals surface area contributed by atoms with E-state index in [9.17, 15) is 14.7 Å². The number of hydrogen-bond acceptors (Lipinski definition) is 8. The van der Waals surface area contributed by atoms with Crippen molar-refractivity contribution in [2.45, 2.75) is 59.9 Å². The number of hydrogen-bond donors (Lipinski definition) is 3. The topological polar surface area (TPSA) is 133 Å². The van der Waals surface area contributed by atoms with Crippen molar-refractivity contribution in [2.24, 2.45) is 5.92 Å². The molecule has 0 saturated heterocycles. The van der Waals surface area contributed by atoms with Crippen LogP contribution in [0.4, 0.5) is 11.8 Å². The molecule has 0 spiro atoms. The second-order valence-electron chi connectivity index (χ2n) is 9.50. The fraction of sp³-hybridized carbons (Fsp3) is 0.464. The number of carboxylic acids is 1. The van der Waals surface area contributed by atoms with Crippen molar-refractivity contribution < 1.29 is 14.6 Å². The fourth-order valence-electron chi connectivity index (χ4n) is 4.25. The van der Waals surface area contributed by atoms with E-state index in [-0.39, 0.29) is 17.9 Å². The maximum absolute atomic E-state index is 12.7. The van der Waals surface area contributed by atoms with Crippen LogP contribution in [0.5, 0.6) is 5.88 Å². The molecular formula is C28H38N6O4. The molecule has 1 atom stereocenters. The van der Waals surface area contributed by atoms with Gasteiger partial charge in [-0.2, -0.15) is 9.97 Å². The fourth-order valence-corrected chi connectivity index (χ4v) is 4.25. The minimum Gasteiger partial charge on any atom is -0.480 e. The Kier molecular flexibility index (Phi) is 9.81. The molecule has 3 rings (SSSR count). The van der Waals surface area contributed by atoms with Gasteiger partial charge in [0.15, 0.2) is 0 Å². The van der Waals surface area contributed by atoms with E-state index in [0.29, 0.717) is 41.1 Å². The first-order valence-electron chi connectivity index (χ1n) is 13.1. The zero-order valence-electron chi connectivity index (χ0n) is 23.0. The van der Waals surface area contributed by atoms with Crippen LogP contribution in [0.15, 0.2) is 35.3 Å².